The highest BCUT2D eigenvalue weighted by molar-refractivity contribution is 5.89. The van der Waals surface area contributed by atoms with Crippen molar-refractivity contribution in [3.8, 4) is 0 Å². The molecular weight excluding hydrogens is 393 g/mol. The van der Waals surface area contributed by atoms with Crippen LogP contribution in [0.4, 0.5) is 27.5 Å². The van der Waals surface area contributed by atoms with Crippen LogP contribution in [0.15, 0.2) is 29.5 Å². The third-order valence-corrected chi connectivity index (χ3v) is 4.73. The molecule has 1 aromatic carbocycles. The second-order valence-corrected chi connectivity index (χ2v) is 6.51. The molecule has 0 atom stereocenters. The zero-order chi connectivity index (χ0) is 21.5. The van der Waals surface area contributed by atoms with E-state index in [0.29, 0.717) is 31.9 Å². The van der Waals surface area contributed by atoms with Gasteiger partial charge in [-0.05, 0) is 19.9 Å². The van der Waals surface area contributed by atoms with Gasteiger partial charge in [0.15, 0.2) is 11.6 Å². The Morgan fingerprint density at radius 2 is 2.10 bits per heavy atom. The van der Waals surface area contributed by atoms with E-state index in [9.17, 15) is 14.5 Å². The van der Waals surface area contributed by atoms with Gasteiger partial charge in [0.1, 0.15) is 0 Å². The van der Waals surface area contributed by atoms with Gasteiger partial charge in [0.2, 0.25) is 5.95 Å². The first-order valence-corrected chi connectivity index (χ1v) is 9.71. The Morgan fingerprint density at radius 3 is 2.77 bits per heavy atom. The number of benzene rings is 1. The van der Waals surface area contributed by atoms with Crippen LogP contribution in [0.5, 0.6) is 0 Å². The van der Waals surface area contributed by atoms with Crippen LogP contribution < -0.4 is 15.2 Å². The van der Waals surface area contributed by atoms with E-state index in [4.69, 9.17) is 4.74 Å². The standard InChI is InChI=1S/C19H24FN7O3/c1-3-25(4-2)17-6-5-15(27(28)29)11-14(17)12-22-24-19-21-13-16(20)18(23-19)26-7-9-30-10-8-26/h5-6,11-13H,3-4,7-10H2,1-2H3,(H,21,23,24)/b22-12-. The van der Waals surface area contributed by atoms with Crippen molar-refractivity contribution in [1.29, 1.82) is 0 Å². The summed E-state index contributed by atoms with van der Waals surface area (Å²) in [5, 5.41) is 15.3. The van der Waals surface area contributed by atoms with Gasteiger partial charge in [0, 0.05) is 49.6 Å². The van der Waals surface area contributed by atoms with Crippen LogP contribution >= 0.6 is 0 Å². The van der Waals surface area contributed by atoms with Gasteiger partial charge in [0.25, 0.3) is 5.69 Å². The lowest BCUT2D eigenvalue weighted by molar-refractivity contribution is -0.384. The minimum absolute atomic E-state index is 0.0278. The lowest BCUT2D eigenvalue weighted by atomic mass is 10.1. The molecule has 0 spiro atoms. The zero-order valence-corrected chi connectivity index (χ0v) is 16.9. The summed E-state index contributed by atoms with van der Waals surface area (Å²) in [6.07, 6.45) is 2.56. The smallest absolute Gasteiger partial charge is 0.270 e. The summed E-state index contributed by atoms with van der Waals surface area (Å²) in [4.78, 5) is 22.7. The number of hydrogen-bond acceptors (Lipinski definition) is 9. The summed E-state index contributed by atoms with van der Waals surface area (Å²) in [6.45, 7) is 7.58. The maximum atomic E-state index is 14.1. The van der Waals surface area contributed by atoms with Gasteiger partial charge in [-0.15, -0.1) is 0 Å². The predicted molar refractivity (Wildman–Crippen MR) is 113 cm³/mol. The maximum Gasteiger partial charge on any atom is 0.270 e. The topological polar surface area (TPSA) is 109 Å². The van der Waals surface area contributed by atoms with Gasteiger partial charge >= 0.3 is 0 Å². The summed E-state index contributed by atoms with van der Waals surface area (Å²) < 4.78 is 19.4. The Kier molecular flexibility index (Phi) is 7.07. The van der Waals surface area contributed by atoms with E-state index in [2.05, 4.69) is 25.4 Å². The quantitative estimate of drug-likeness (QED) is 0.397. The third kappa shape index (κ3) is 4.98. The molecule has 1 fully saturated rings. The molecule has 0 bridgehead atoms. The van der Waals surface area contributed by atoms with E-state index < -0.39 is 10.7 Å². The lowest BCUT2D eigenvalue weighted by Crippen LogP contribution is -2.37. The molecule has 2 aromatic rings. The van der Waals surface area contributed by atoms with Crippen molar-refractivity contribution in [3.63, 3.8) is 0 Å². The van der Waals surface area contributed by atoms with Crippen LogP contribution in [0.3, 0.4) is 0 Å². The fraction of sp³-hybridized carbons (Fsp3) is 0.421. The largest absolute Gasteiger partial charge is 0.378 e. The molecule has 0 amide bonds. The number of halogens is 1. The summed E-state index contributed by atoms with van der Waals surface area (Å²) >= 11 is 0. The molecule has 2 heterocycles. The van der Waals surface area contributed by atoms with Crippen molar-refractivity contribution in [2.75, 3.05) is 54.6 Å². The van der Waals surface area contributed by atoms with Gasteiger partial charge in [-0.3, -0.25) is 10.1 Å². The first kappa shape index (κ1) is 21.4. The molecule has 30 heavy (non-hydrogen) atoms. The molecule has 1 aromatic heterocycles. The SMILES string of the molecule is CCN(CC)c1ccc([N+](=O)[O-])cc1/C=N\Nc1ncc(F)c(N2CCOCC2)n1. The Balaban J connectivity index is 1.82. The summed E-state index contributed by atoms with van der Waals surface area (Å²) in [6, 6.07) is 4.64. The number of anilines is 3. The van der Waals surface area contributed by atoms with E-state index in [1.54, 1.807) is 11.0 Å². The minimum atomic E-state index is -0.520. The average molecular weight is 417 g/mol. The van der Waals surface area contributed by atoms with Crippen molar-refractivity contribution < 1.29 is 14.1 Å². The Labute approximate surface area is 173 Å². The molecule has 10 nitrogen and oxygen atoms in total. The van der Waals surface area contributed by atoms with Crippen LogP contribution in [0, 0.1) is 15.9 Å². The Bertz CT molecular complexity index is 915. The molecule has 1 N–H and O–H groups in total. The van der Waals surface area contributed by atoms with Crippen molar-refractivity contribution >= 4 is 29.4 Å². The zero-order valence-electron chi connectivity index (χ0n) is 16.9. The highest BCUT2D eigenvalue weighted by atomic mass is 19.1. The highest BCUT2D eigenvalue weighted by Gasteiger charge is 2.18. The highest BCUT2D eigenvalue weighted by Crippen LogP contribution is 2.24. The second kappa shape index (κ2) is 9.92. The van der Waals surface area contributed by atoms with Crippen molar-refractivity contribution in [2.24, 2.45) is 5.10 Å². The van der Waals surface area contributed by atoms with Crippen LogP contribution in [0.25, 0.3) is 0 Å². The fourth-order valence-corrected chi connectivity index (χ4v) is 3.18. The van der Waals surface area contributed by atoms with Crippen molar-refractivity contribution in [2.45, 2.75) is 13.8 Å². The number of hydrogen-bond donors (Lipinski definition) is 1. The maximum absolute atomic E-state index is 14.1. The summed E-state index contributed by atoms with van der Waals surface area (Å²) in [7, 11) is 0. The van der Waals surface area contributed by atoms with Crippen molar-refractivity contribution in [1.82, 2.24) is 9.97 Å². The number of hydrazone groups is 1. The summed E-state index contributed by atoms with van der Waals surface area (Å²) in [5.74, 6) is -0.205. The number of morpholine rings is 1. The molecule has 11 heteroatoms. The molecule has 0 saturated carbocycles. The Morgan fingerprint density at radius 1 is 1.37 bits per heavy atom. The van der Waals surface area contributed by atoms with Gasteiger partial charge in [-0.25, -0.2) is 14.8 Å². The number of rotatable bonds is 8. The van der Waals surface area contributed by atoms with E-state index in [-0.39, 0.29) is 17.5 Å². The normalized spacial score (nSPS) is 14.2. The average Bonchev–Trinajstić information content (AvgIpc) is 2.77. The number of nitro benzene ring substituents is 1. The molecule has 0 aliphatic carbocycles. The van der Waals surface area contributed by atoms with Crippen LogP contribution in [-0.4, -0.2) is 60.5 Å². The van der Waals surface area contributed by atoms with Crippen LogP contribution in [-0.2, 0) is 4.74 Å². The number of aromatic nitrogens is 2. The summed E-state index contributed by atoms with van der Waals surface area (Å²) in [5.41, 5.74) is 4.06. The minimum Gasteiger partial charge on any atom is -0.378 e. The predicted octanol–water partition coefficient (Wildman–Crippen LogP) is 2.65. The molecule has 1 aliphatic heterocycles. The first-order chi connectivity index (χ1) is 14.5. The van der Waals surface area contributed by atoms with Gasteiger partial charge < -0.3 is 14.5 Å². The molecule has 3 rings (SSSR count). The van der Waals surface area contributed by atoms with Crippen LogP contribution in [0.1, 0.15) is 19.4 Å². The second-order valence-electron chi connectivity index (χ2n) is 6.51. The van der Waals surface area contributed by atoms with Crippen molar-refractivity contribution in [3.05, 3.63) is 45.9 Å². The molecular formula is C19H24FN7O3. The van der Waals surface area contributed by atoms with E-state index in [1.807, 2.05) is 13.8 Å². The lowest BCUT2D eigenvalue weighted by Gasteiger charge is -2.27. The van der Waals surface area contributed by atoms with E-state index in [0.717, 1.165) is 25.0 Å². The van der Waals surface area contributed by atoms with E-state index >= 15 is 0 Å². The number of nitrogens with one attached hydrogen (secondary N) is 1. The molecule has 160 valence electrons. The number of non-ortho nitro benzene ring substituents is 1. The first-order valence-electron chi connectivity index (χ1n) is 9.71. The van der Waals surface area contributed by atoms with E-state index in [1.165, 1.54) is 18.3 Å². The van der Waals surface area contributed by atoms with Crippen LogP contribution in [0.2, 0.25) is 0 Å². The van der Waals surface area contributed by atoms with Gasteiger partial charge in [-0.2, -0.15) is 10.1 Å². The fourth-order valence-electron chi connectivity index (χ4n) is 3.18. The molecule has 0 unspecified atom stereocenters. The molecule has 0 radical (unpaired) electrons. The molecule has 1 aliphatic rings. The monoisotopic (exact) mass is 417 g/mol. The number of nitrogens with zero attached hydrogens (tertiary/aromatic N) is 6. The van der Waals surface area contributed by atoms with Gasteiger partial charge in [0.05, 0.1) is 30.5 Å². The number of ether oxygens (including phenoxy) is 1. The number of nitro groups is 1. The molecule has 1 saturated heterocycles. The Hall–Kier alpha value is -3.34. The van der Waals surface area contributed by atoms with Gasteiger partial charge in [-0.1, -0.05) is 0 Å². The third-order valence-electron chi connectivity index (χ3n) is 4.73.